The Balaban J connectivity index is 0.000000531. The van der Waals surface area contributed by atoms with Gasteiger partial charge in [-0.15, -0.1) is 0 Å². The van der Waals surface area contributed by atoms with Crippen LogP contribution in [0, 0.1) is 23.7 Å². The molecule has 0 nitrogen and oxygen atoms in total. The van der Waals surface area contributed by atoms with E-state index in [4.69, 9.17) is 0 Å². The number of fused-ring (bicyclic) bond motifs is 1. The first-order chi connectivity index (χ1) is 7.27. The summed E-state index contributed by atoms with van der Waals surface area (Å²) in [6.07, 6.45) is 10.8. The van der Waals surface area contributed by atoms with Crippen molar-refractivity contribution < 1.29 is 0 Å². The minimum atomic E-state index is 0.933. The van der Waals surface area contributed by atoms with Crippen LogP contribution in [-0.2, 0) is 0 Å². The van der Waals surface area contributed by atoms with Crippen molar-refractivity contribution in [3.63, 3.8) is 0 Å². The van der Waals surface area contributed by atoms with Crippen molar-refractivity contribution in [3.05, 3.63) is 0 Å². The number of rotatable bonds is 1. The van der Waals surface area contributed by atoms with Gasteiger partial charge in [-0.25, -0.2) is 0 Å². The van der Waals surface area contributed by atoms with E-state index in [0.29, 0.717) is 0 Å². The second-order valence-corrected chi connectivity index (χ2v) is 5.62. The summed E-state index contributed by atoms with van der Waals surface area (Å²) in [7, 11) is 0. The average molecular weight is 210 g/mol. The monoisotopic (exact) mass is 210 g/mol. The van der Waals surface area contributed by atoms with Crippen molar-refractivity contribution in [3.8, 4) is 0 Å². The van der Waals surface area contributed by atoms with Gasteiger partial charge in [0, 0.05) is 0 Å². The first-order valence-electron chi connectivity index (χ1n) is 7.27. The second-order valence-electron chi connectivity index (χ2n) is 5.62. The molecule has 15 heavy (non-hydrogen) atoms. The van der Waals surface area contributed by atoms with E-state index in [-0.39, 0.29) is 0 Å². The summed E-state index contributed by atoms with van der Waals surface area (Å²) in [5.74, 6) is 4.24. The molecule has 0 bridgehead atoms. The predicted molar refractivity (Wildman–Crippen MR) is 69.0 cm³/mol. The van der Waals surface area contributed by atoms with Crippen LogP contribution in [0.3, 0.4) is 0 Å². The molecular weight excluding hydrogens is 180 g/mol. The lowest BCUT2D eigenvalue weighted by atomic mass is 9.65. The van der Waals surface area contributed by atoms with Crippen molar-refractivity contribution in [2.75, 3.05) is 0 Å². The van der Waals surface area contributed by atoms with Crippen LogP contribution in [0.25, 0.3) is 0 Å². The van der Waals surface area contributed by atoms with Crippen LogP contribution in [0.5, 0.6) is 0 Å². The molecule has 0 saturated heterocycles. The topological polar surface area (TPSA) is 0 Å². The lowest BCUT2D eigenvalue weighted by molar-refractivity contribution is 0.108. The molecule has 0 aromatic carbocycles. The van der Waals surface area contributed by atoms with Gasteiger partial charge in [-0.05, 0) is 42.9 Å². The van der Waals surface area contributed by atoms with Crippen LogP contribution >= 0.6 is 0 Å². The van der Waals surface area contributed by atoms with E-state index in [1.807, 2.05) is 13.8 Å². The summed E-state index contributed by atoms with van der Waals surface area (Å²) in [5, 5.41) is 0. The number of hydrogen-bond donors (Lipinski definition) is 0. The summed E-state index contributed by atoms with van der Waals surface area (Å²) in [6, 6.07) is 0. The molecule has 3 unspecified atom stereocenters. The van der Waals surface area contributed by atoms with Gasteiger partial charge in [-0.2, -0.15) is 0 Å². The standard InChI is InChI=1S/C13H24.C2H6/c1-10(2)12-8-7-11-5-3-4-6-13(11)9-12;1-2/h10-13H,3-9H2,1-2H3;1-2H3. The molecule has 0 aromatic heterocycles. The molecule has 3 atom stereocenters. The Kier molecular flexibility index (Phi) is 5.71. The Morgan fingerprint density at radius 1 is 0.800 bits per heavy atom. The van der Waals surface area contributed by atoms with Crippen molar-refractivity contribution in [2.24, 2.45) is 23.7 Å². The molecule has 2 aliphatic carbocycles. The minimum absolute atomic E-state index is 0.933. The third-order valence-electron chi connectivity index (χ3n) is 4.52. The van der Waals surface area contributed by atoms with E-state index in [2.05, 4.69) is 13.8 Å². The average Bonchev–Trinajstić information content (AvgIpc) is 2.31. The Morgan fingerprint density at radius 3 is 2.00 bits per heavy atom. The molecular formula is C15H30. The van der Waals surface area contributed by atoms with E-state index in [1.54, 1.807) is 25.7 Å². The predicted octanol–water partition coefficient (Wildman–Crippen LogP) is 5.28. The van der Waals surface area contributed by atoms with Gasteiger partial charge in [0.25, 0.3) is 0 Å². The number of hydrogen-bond acceptors (Lipinski definition) is 0. The van der Waals surface area contributed by atoms with Crippen LogP contribution in [0.1, 0.15) is 72.6 Å². The zero-order valence-corrected chi connectivity index (χ0v) is 11.3. The summed E-state index contributed by atoms with van der Waals surface area (Å²) in [6.45, 7) is 8.82. The quantitative estimate of drug-likeness (QED) is 0.552. The summed E-state index contributed by atoms with van der Waals surface area (Å²) in [5.41, 5.74) is 0. The van der Waals surface area contributed by atoms with Crippen LogP contribution < -0.4 is 0 Å². The molecule has 2 fully saturated rings. The molecule has 0 heterocycles. The van der Waals surface area contributed by atoms with Crippen molar-refractivity contribution in [1.29, 1.82) is 0 Å². The highest BCUT2D eigenvalue weighted by atomic mass is 14.4. The fraction of sp³-hybridized carbons (Fsp3) is 1.00. The highest BCUT2D eigenvalue weighted by Gasteiger charge is 2.32. The molecule has 0 spiro atoms. The molecule has 0 radical (unpaired) electrons. The Labute approximate surface area is 96.8 Å². The fourth-order valence-corrected chi connectivity index (χ4v) is 3.52. The molecule has 90 valence electrons. The van der Waals surface area contributed by atoms with Gasteiger partial charge < -0.3 is 0 Å². The third-order valence-corrected chi connectivity index (χ3v) is 4.52. The minimum Gasteiger partial charge on any atom is -0.0683 e. The second kappa shape index (κ2) is 6.55. The molecule has 0 aromatic rings. The molecule has 0 heteroatoms. The Morgan fingerprint density at radius 2 is 1.40 bits per heavy atom. The van der Waals surface area contributed by atoms with Gasteiger partial charge in [0.05, 0.1) is 0 Å². The van der Waals surface area contributed by atoms with E-state index in [0.717, 1.165) is 23.7 Å². The van der Waals surface area contributed by atoms with E-state index in [9.17, 15) is 0 Å². The van der Waals surface area contributed by atoms with Crippen LogP contribution in [0.15, 0.2) is 0 Å². The van der Waals surface area contributed by atoms with Gasteiger partial charge in [0.1, 0.15) is 0 Å². The first-order valence-corrected chi connectivity index (χ1v) is 7.27. The third kappa shape index (κ3) is 3.50. The lowest BCUT2D eigenvalue weighted by Gasteiger charge is -2.40. The Hall–Kier alpha value is 0. The van der Waals surface area contributed by atoms with Gasteiger partial charge in [0.15, 0.2) is 0 Å². The maximum atomic E-state index is 2.41. The summed E-state index contributed by atoms with van der Waals surface area (Å²) < 4.78 is 0. The zero-order valence-electron chi connectivity index (χ0n) is 11.3. The molecule has 0 amide bonds. The van der Waals surface area contributed by atoms with Gasteiger partial charge in [-0.3, -0.25) is 0 Å². The smallest absolute Gasteiger partial charge is 0.0383 e. The molecule has 2 saturated carbocycles. The maximum absolute atomic E-state index is 2.41. The summed E-state index contributed by atoms with van der Waals surface area (Å²) in [4.78, 5) is 0. The normalized spacial score (nSPS) is 35.4. The molecule has 0 aliphatic heterocycles. The van der Waals surface area contributed by atoms with Gasteiger partial charge in [0.2, 0.25) is 0 Å². The van der Waals surface area contributed by atoms with E-state index in [1.165, 1.54) is 19.3 Å². The lowest BCUT2D eigenvalue weighted by Crippen LogP contribution is -2.29. The Bertz CT molecular complexity index is 159. The maximum Gasteiger partial charge on any atom is -0.0383 e. The van der Waals surface area contributed by atoms with Crippen LogP contribution in [0.4, 0.5) is 0 Å². The summed E-state index contributed by atoms with van der Waals surface area (Å²) >= 11 is 0. The van der Waals surface area contributed by atoms with Gasteiger partial charge in [-0.1, -0.05) is 53.4 Å². The van der Waals surface area contributed by atoms with E-state index < -0.39 is 0 Å². The van der Waals surface area contributed by atoms with Crippen molar-refractivity contribution in [2.45, 2.75) is 72.6 Å². The van der Waals surface area contributed by atoms with Crippen molar-refractivity contribution in [1.82, 2.24) is 0 Å². The molecule has 2 rings (SSSR count). The fourth-order valence-electron chi connectivity index (χ4n) is 3.52. The largest absolute Gasteiger partial charge is 0.0683 e. The van der Waals surface area contributed by atoms with E-state index >= 15 is 0 Å². The zero-order chi connectivity index (χ0) is 11.3. The van der Waals surface area contributed by atoms with Crippen LogP contribution in [0.2, 0.25) is 0 Å². The van der Waals surface area contributed by atoms with Crippen LogP contribution in [-0.4, -0.2) is 0 Å². The highest BCUT2D eigenvalue weighted by molar-refractivity contribution is 4.83. The van der Waals surface area contributed by atoms with Gasteiger partial charge >= 0.3 is 0 Å². The SMILES string of the molecule is CC.CC(C)C1CCC2CCCCC2C1. The highest BCUT2D eigenvalue weighted by Crippen LogP contribution is 2.44. The van der Waals surface area contributed by atoms with Crippen molar-refractivity contribution >= 4 is 0 Å². The molecule has 2 aliphatic rings. The molecule has 0 N–H and O–H groups in total. The first kappa shape index (κ1) is 13.1.